The molecule has 26 heavy (non-hydrogen) atoms. The molecule has 0 saturated heterocycles. The van der Waals surface area contributed by atoms with Crippen LogP contribution in [0.1, 0.15) is 15.9 Å². The van der Waals surface area contributed by atoms with Crippen molar-refractivity contribution in [3.05, 3.63) is 89.5 Å². The number of amides is 1. The van der Waals surface area contributed by atoms with Crippen LogP contribution in [0.3, 0.4) is 0 Å². The van der Waals surface area contributed by atoms with Crippen molar-refractivity contribution in [2.45, 2.75) is 6.54 Å². The van der Waals surface area contributed by atoms with Crippen molar-refractivity contribution >= 4 is 17.3 Å². The van der Waals surface area contributed by atoms with E-state index in [-0.39, 0.29) is 0 Å². The number of carbonyl (C=O) groups excluding carboxylic acids is 1. The number of pyridine rings is 1. The number of nitrogens with zero attached hydrogens (tertiary/aromatic N) is 1. The molecule has 0 bridgehead atoms. The maximum atomic E-state index is 13.7. The molecule has 4 nitrogen and oxygen atoms in total. The number of aromatic nitrogens is 1. The smallest absolute Gasteiger partial charge is 0.258 e. The molecule has 0 unspecified atom stereocenters. The van der Waals surface area contributed by atoms with Gasteiger partial charge >= 0.3 is 0 Å². The highest BCUT2D eigenvalue weighted by Crippen LogP contribution is 2.18. The predicted octanol–water partition coefficient (Wildman–Crippen LogP) is 4.36. The zero-order chi connectivity index (χ0) is 18.5. The van der Waals surface area contributed by atoms with Crippen LogP contribution in [0.2, 0.25) is 0 Å². The van der Waals surface area contributed by atoms with E-state index in [1.165, 1.54) is 0 Å². The van der Waals surface area contributed by atoms with Gasteiger partial charge in [-0.15, -0.1) is 0 Å². The third kappa shape index (κ3) is 4.00. The number of anilines is 2. The maximum absolute atomic E-state index is 13.7. The molecule has 132 valence electrons. The zero-order valence-electron chi connectivity index (χ0n) is 13.5. The van der Waals surface area contributed by atoms with E-state index in [2.05, 4.69) is 15.6 Å². The SMILES string of the molecule is O=C(Nc1ccc(NCc2cccnc2)cc1)c1ccc(F)c(F)c1F. The first kappa shape index (κ1) is 17.5. The molecule has 0 saturated carbocycles. The molecule has 1 amide bonds. The summed E-state index contributed by atoms with van der Waals surface area (Å²) in [6.45, 7) is 0.583. The topological polar surface area (TPSA) is 54.0 Å². The number of hydrogen-bond acceptors (Lipinski definition) is 3. The summed E-state index contributed by atoms with van der Waals surface area (Å²) in [7, 11) is 0. The summed E-state index contributed by atoms with van der Waals surface area (Å²) in [6.07, 6.45) is 3.44. The van der Waals surface area contributed by atoms with Crippen molar-refractivity contribution in [3.63, 3.8) is 0 Å². The summed E-state index contributed by atoms with van der Waals surface area (Å²) in [6, 6.07) is 12.1. The van der Waals surface area contributed by atoms with Crippen LogP contribution in [0.15, 0.2) is 60.9 Å². The molecule has 0 aliphatic carbocycles. The minimum Gasteiger partial charge on any atom is -0.381 e. The lowest BCUT2D eigenvalue weighted by Crippen LogP contribution is -2.15. The molecule has 0 spiro atoms. The number of nitrogens with one attached hydrogen (secondary N) is 2. The molecule has 0 aliphatic rings. The Hall–Kier alpha value is -3.35. The van der Waals surface area contributed by atoms with E-state index >= 15 is 0 Å². The minimum absolute atomic E-state index is 0.395. The van der Waals surface area contributed by atoms with Crippen molar-refractivity contribution in [3.8, 4) is 0 Å². The van der Waals surface area contributed by atoms with Crippen molar-refractivity contribution in [2.24, 2.45) is 0 Å². The molecule has 0 aliphatic heterocycles. The Balaban J connectivity index is 1.64. The zero-order valence-corrected chi connectivity index (χ0v) is 13.5. The van der Waals surface area contributed by atoms with Crippen molar-refractivity contribution in [1.82, 2.24) is 4.98 Å². The third-order valence-corrected chi connectivity index (χ3v) is 3.64. The number of halogens is 3. The summed E-state index contributed by atoms with van der Waals surface area (Å²) in [5, 5.41) is 5.63. The fourth-order valence-corrected chi connectivity index (χ4v) is 2.28. The van der Waals surface area contributed by atoms with Crippen LogP contribution in [-0.2, 0) is 6.54 Å². The van der Waals surface area contributed by atoms with Gasteiger partial charge in [0.05, 0.1) is 5.56 Å². The highest BCUT2D eigenvalue weighted by atomic mass is 19.2. The number of benzene rings is 2. The van der Waals surface area contributed by atoms with Crippen molar-refractivity contribution in [2.75, 3.05) is 10.6 Å². The van der Waals surface area contributed by atoms with E-state index in [1.54, 1.807) is 36.7 Å². The molecular formula is C19H14F3N3O. The standard InChI is InChI=1S/C19H14F3N3O/c20-16-8-7-15(17(21)18(16)22)19(26)25-14-5-3-13(4-6-14)24-11-12-2-1-9-23-10-12/h1-10,24H,11H2,(H,25,26). The van der Waals surface area contributed by atoms with Crippen molar-refractivity contribution in [1.29, 1.82) is 0 Å². The lowest BCUT2D eigenvalue weighted by Gasteiger charge is -2.09. The summed E-state index contributed by atoms with van der Waals surface area (Å²) in [5.74, 6) is -5.40. The summed E-state index contributed by atoms with van der Waals surface area (Å²) in [4.78, 5) is 16.1. The fraction of sp³-hybridized carbons (Fsp3) is 0.0526. The van der Waals surface area contributed by atoms with Gasteiger partial charge in [-0.2, -0.15) is 0 Å². The Bertz CT molecular complexity index is 915. The minimum atomic E-state index is -1.67. The maximum Gasteiger partial charge on any atom is 0.258 e. The average molecular weight is 357 g/mol. The normalized spacial score (nSPS) is 10.4. The Labute approximate surface area is 147 Å². The Morgan fingerprint density at radius 1 is 0.923 bits per heavy atom. The third-order valence-electron chi connectivity index (χ3n) is 3.64. The molecule has 3 aromatic rings. The van der Waals surface area contributed by atoms with Gasteiger partial charge in [-0.05, 0) is 48.0 Å². The van der Waals surface area contributed by atoms with Gasteiger partial charge in [-0.3, -0.25) is 9.78 Å². The summed E-state index contributed by atoms with van der Waals surface area (Å²) in [5.41, 5.74) is 1.65. The van der Waals surface area contributed by atoms with Gasteiger partial charge < -0.3 is 10.6 Å². The van der Waals surface area contributed by atoms with Crippen LogP contribution in [0.25, 0.3) is 0 Å². The van der Waals surface area contributed by atoms with Gasteiger partial charge in [-0.25, -0.2) is 13.2 Å². The number of hydrogen-bond donors (Lipinski definition) is 2. The molecule has 0 atom stereocenters. The van der Waals surface area contributed by atoms with Gasteiger partial charge in [0.25, 0.3) is 5.91 Å². The largest absolute Gasteiger partial charge is 0.381 e. The van der Waals surface area contributed by atoms with Crippen LogP contribution in [-0.4, -0.2) is 10.9 Å². The van der Waals surface area contributed by atoms with E-state index in [0.29, 0.717) is 18.3 Å². The van der Waals surface area contributed by atoms with E-state index in [0.717, 1.165) is 17.3 Å². The molecule has 2 aromatic carbocycles. The second kappa shape index (κ2) is 7.69. The predicted molar refractivity (Wildman–Crippen MR) is 92.3 cm³/mol. The van der Waals surface area contributed by atoms with E-state index < -0.39 is 28.9 Å². The molecule has 1 heterocycles. The Morgan fingerprint density at radius 2 is 1.65 bits per heavy atom. The highest BCUT2D eigenvalue weighted by Gasteiger charge is 2.18. The molecule has 2 N–H and O–H groups in total. The second-order valence-electron chi connectivity index (χ2n) is 5.47. The van der Waals surface area contributed by atoms with Crippen LogP contribution in [0.5, 0.6) is 0 Å². The van der Waals surface area contributed by atoms with Crippen LogP contribution >= 0.6 is 0 Å². The van der Waals surface area contributed by atoms with Crippen LogP contribution < -0.4 is 10.6 Å². The first-order chi connectivity index (χ1) is 12.5. The van der Waals surface area contributed by atoms with Gasteiger partial charge in [-0.1, -0.05) is 6.07 Å². The lowest BCUT2D eigenvalue weighted by atomic mass is 10.1. The van der Waals surface area contributed by atoms with Crippen LogP contribution in [0, 0.1) is 17.5 Å². The summed E-state index contributed by atoms with van der Waals surface area (Å²) < 4.78 is 39.8. The first-order valence-corrected chi connectivity index (χ1v) is 7.72. The van der Waals surface area contributed by atoms with Gasteiger partial charge in [0.15, 0.2) is 17.5 Å². The second-order valence-corrected chi connectivity index (χ2v) is 5.47. The molecule has 1 aromatic heterocycles. The fourth-order valence-electron chi connectivity index (χ4n) is 2.28. The Kier molecular flexibility index (Phi) is 5.17. The lowest BCUT2D eigenvalue weighted by molar-refractivity contribution is 0.102. The molecule has 0 fully saturated rings. The van der Waals surface area contributed by atoms with Crippen LogP contribution in [0.4, 0.5) is 24.5 Å². The van der Waals surface area contributed by atoms with Gasteiger partial charge in [0.2, 0.25) is 0 Å². The molecule has 0 radical (unpaired) electrons. The van der Waals surface area contributed by atoms with Crippen molar-refractivity contribution < 1.29 is 18.0 Å². The Morgan fingerprint density at radius 3 is 2.35 bits per heavy atom. The van der Waals surface area contributed by atoms with E-state index in [9.17, 15) is 18.0 Å². The summed E-state index contributed by atoms with van der Waals surface area (Å²) >= 11 is 0. The molecule has 3 rings (SSSR count). The van der Waals surface area contributed by atoms with Gasteiger partial charge in [0, 0.05) is 30.3 Å². The number of carbonyl (C=O) groups is 1. The molecule has 7 heteroatoms. The first-order valence-electron chi connectivity index (χ1n) is 7.72. The number of rotatable bonds is 5. The molecular weight excluding hydrogens is 343 g/mol. The van der Waals surface area contributed by atoms with E-state index in [1.807, 2.05) is 12.1 Å². The highest BCUT2D eigenvalue weighted by molar-refractivity contribution is 6.04. The monoisotopic (exact) mass is 357 g/mol. The average Bonchev–Trinajstić information content (AvgIpc) is 2.66. The quantitative estimate of drug-likeness (QED) is 0.667. The van der Waals surface area contributed by atoms with Gasteiger partial charge in [0.1, 0.15) is 0 Å². The van der Waals surface area contributed by atoms with E-state index in [4.69, 9.17) is 0 Å².